The second-order valence-corrected chi connectivity index (χ2v) is 4.88. The molecule has 2 aromatic carbocycles. The summed E-state index contributed by atoms with van der Waals surface area (Å²) in [7, 11) is 3.20. The molecular weight excluding hydrogens is 290 g/mol. The largest absolute Gasteiger partial charge is 0.496 e. The third-order valence-corrected chi connectivity index (χ3v) is 3.33. The van der Waals surface area contributed by atoms with Crippen molar-refractivity contribution in [3.8, 4) is 17.2 Å². The van der Waals surface area contributed by atoms with E-state index in [1.807, 2.05) is 18.2 Å². The highest BCUT2D eigenvalue weighted by Gasteiger charge is 2.18. The quantitative estimate of drug-likeness (QED) is 0.888. The van der Waals surface area contributed by atoms with E-state index in [2.05, 4.69) is 0 Å². The number of ether oxygens (including phenoxy) is 3. The highest BCUT2D eigenvalue weighted by atomic mass is 35.5. The van der Waals surface area contributed by atoms with Gasteiger partial charge < -0.3 is 19.9 Å². The minimum absolute atomic E-state index is 0.304. The molecule has 0 radical (unpaired) electrons. The van der Waals surface area contributed by atoms with Crippen molar-refractivity contribution in [3.05, 3.63) is 53.1 Å². The van der Waals surface area contributed by atoms with Crippen LogP contribution >= 0.6 is 11.6 Å². The van der Waals surface area contributed by atoms with Gasteiger partial charge in [0.05, 0.1) is 25.8 Å². The Morgan fingerprint density at radius 3 is 2.10 bits per heavy atom. The fourth-order valence-electron chi connectivity index (χ4n) is 2.05. The molecule has 21 heavy (non-hydrogen) atoms. The smallest absolute Gasteiger partial charge is 0.127 e. The third kappa shape index (κ3) is 3.80. The van der Waals surface area contributed by atoms with Gasteiger partial charge in [-0.05, 0) is 36.4 Å². The van der Waals surface area contributed by atoms with E-state index < -0.39 is 0 Å². The van der Waals surface area contributed by atoms with Gasteiger partial charge in [-0.1, -0.05) is 17.7 Å². The van der Waals surface area contributed by atoms with Crippen LogP contribution in [0.2, 0.25) is 5.02 Å². The van der Waals surface area contributed by atoms with Gasteiger partial charge in [-0.25, -0.2) is 0 Å². The molecule has 0 bridgehead atoms. The fraction of sp³-hybridized carbons (Fsp3) is 0.250. The normalized spacial score (nSPS) is 11.8. The molecule has 112 valence electrons. The van der Waals surface area contributed by atoms with E-state index in [1.165, 1.54) is 0 Å². The molecule has 1 atom stereocenters. The van der Waals surface area contributed by atoms with Crippen LogP contribution in [-0.4, -0.2) is 20.8 Å². The topological polar surface area (TPSA) is 53.7 Å². The Kier molecular flexibility index (Phi) is 5.31. The summed E-state index contributed by atoms with van der Waals surface area (Å²) in [4.78, 5) is 0. The van der Waals surface area contributed by atoms with Gasteiger partial charge in [-0.3, -0.25) is 0 Å². The van der Waals surface area contributed by atoms with Gasteiger partial charge in [0.1, 0.15) is 23.9 Å². The zero-order valence-corrected chi connectivity index (χ0v) is 12.8. The van der Waals surface area contributed by atoms with Crippen LogP contribution in [0, 0.1) is 0 Å². The summed E-state index contributed by atoms with van der Waals surface area (Å²) in [6.45, 7) is 0.304. The molecule has 4 nitrogen and oxygen atoms in total. The Morgan fingerprint density at radius 2 is 1.57 bits per heavy atom. The molecule has 0 heterocycles. The van der Waals surface area contributed by atoms with E-state index in [9.17, 15) is 0 Å². The molecule has 5 heteroatoms. The number of methoxy groups -OCH3 is 2. The zero-order valence-electron chi connectivity index (χ0n) is 12.0. The summed E-state index contributed by atoms with van der Waals surface area (Å²) >= 11 is 5.84. The van der Waals surface area contributed by atoms with E-state index >= 15 is 0 Å². The van der Waals surface area contributed by atoms with Crippen molar-refractivity contribution in [1.29, 1.82) is 0 Å². The summed E-state index contributed by atoms with van der Waals surface area (Å²) in [5.41, 5.74) is 7.00. The standard InChI is InChI=1S/C16H18ClNO3/c1-19-14-4-3-5-15(20-2)16(14)13(18)10-21-12-8-6-11(17)7-9-12/h3-9,13H,10,18H2,1-2H3. The van der Waals surface area contributed by atoms with E-state index in [1.54, 1.807) is 38.5 Å². The van der Waals surface area contributed by atoms with Crippen LogP contribution in [-0.2, 0) is 0 Å². The summed E-state index contributed by atoms with van der Waals surface area (Å²) in [6.07, 6.45) is 0. The minimum Gasteiger partial charge on any atom is -0.496 e. The fourth-order valence-corrected chi connectivity index (χ4v) is 2.17. The maximum atomic E-state index is 6.21. The zero-order chi connectivity index (χ0) is 15.2. The van der Waals surface area contributed by atoms with E-state index in [0.717, 1.165) is 5.56 Å². The second-order valence-electron chi connectivity index (χ2n) is 4.45. The first-order valence-electron chi connectivity index (χ1n) is 6.50. The molecule has 0 saturated heterocycles. The van der Waals surface area contributed by atoms with Crippen molar-refractivity contribution in [2.75, 3.05) is 20.8 Å². The molecular formula is C16H18ClNO3. The summed E-state index contributed by atoms with van der Waals surface area (Å²) in [5, 5.41) is 0.665. The Hall–Kier alpha value is -1.91. The molecule has 2 N–H and O–H groups in total. The van der Waals surface area contributed by atoms with Crippen LogP contribution in [0.25, 0.3) is 0 Å². The van der Waals surface area contributed by atoms with Gasteiger partial charge in [0.25, 0.3) is 0 Å². The lowest BCUT2D eigenvalue weighted by Crippen LogP contribution is -2.20. The molecule has 0 aliphatic heterocycles. The Labute approximate surface area is 129 Å². The molecule has 0 spiro atoms. The van der Waals surface area contributed by atoms with Crippen LogP contribution in [0.3, 0.4) is 0 Å². The van der Waals surface area contributed by atoms with Gasteiger partial charge in [0.2, 0.25) is 0 Å². The van der Waals surface area contributed by atoms with E-state index in [4.69, 9.17) is 31.5 Å². The lowest BCUT2D eigenvalue weighted by atomic mass is 10.1. The predicted octanol–water partition coefficient (Wildman–Crippen LogP) is 3.44. The molecule has 0 aromatic heterocycles. The van der Waals surface area contributed by atoms with E-state index in [-0.39, 0.29) is 6.04 Å². The minimum atomic E-state index is -0.369. The second kappa shape index (κ2) is 7.20. The average Bonchev–Trinajstić information content (AvgIpc) is 2.53. The highest BCUT2D eigenvalue weighted by Crippen LogP contribution is 2.33. The molecule has 0 saturated carbocycles. The van der Waals surface area contributed by atoms with Gasteiger partial charge in [-0.15, -0.1) is 0 Å². The van der Waals surface area contributed by atoms with Gasteiger partial charge in [0.15, 0.2) is 0 Å². The number of halogens is 1. The van der Waals surface area contributed by atoms with Crippen molar-refractivity contribution >= 4 is 11.6 Å². The van der Waals surface area contributed by atoms with E-state index in [0.29, 0.717) is 28.9 Å². The third-order valence-electron chi connectivity index (χ3n) is 3.08. The van der Waals surface area contributed by atoms with Gasteiger partial charge >= 0.3 is 0 Å². The average molecular weight is 308 g/mol. The first kappa shape index (κ1) is 15.5. The van der Waals surface area contributed by atoms with Crippen LogP contribution in [0.5, 0.6) is 17.2 Å². The molecule has 0 fully saturated rings. The summed E-state index contributed by atoms with van der Waals surface area (Å²) < 4.78 is 16.4. The first-order valence-corrected chi connectivity index (χ1v) is 6.88. The number of nitrogens with two attached hydrogens (primary N) is 1. The summed E-state index contributed by atoms with van der Waals surface area (Å²) in [6, 6.07) is 12.3. The SMILES string of the molecule is COc1cccc(OC)c1C(N)COc1ccc(Cl)cc1. The lowest BCUT2D eigenvalue weighted by molar-refractivity contribution is 0.281. The molecule has 1 unspecified atom stereocenters. The van der Waals surface area contributed by atoms with Gasteiger partial charge in [0, 0.05) is 5.02 Å². The highest BCUT2D eigenvalue weighted by molar-refractivity contribution is 6.30. The van der Waals surface area contributed by atoms with Crippen LogP contribution in [0.15, 0.2) is 42.5 Å². The first-order chi connectivity index (χ1) is 10.2. The molecule has 0 amide bonds. The Morgan fingerprint density at radius 1 is 1.00 bits per heavy atom. The molecule has 0 aliphatic rings. The van der Waals surface area contributed by atoms with Crippen LogP contribution in [0.1, 0.15) is 11.6 Å². The van der Waals surface area contributed by atoms with Gasteiger partial charge in [-0.2, -0.15) is 0 Å². The van der Waals surface area contributed by atoms with Crippen molar-refractivity contribution in [2.45, 2.75) is 6.04 Å². The monoisotopic (exact) mass is 307 g/mol. The molecule has 0 aliphatic carbocycles. The van der Waals surface area contributed by atoms with Crippen molar-refractivity contribution in [2.24, 2.45) is 5.73 Å². The Balaban J connectivity index is 2.12. The van der Waals surface area contributed by atoms with Crippen molar-refractivity contribution in [1.82, 2.24) is 0 Å². The number of rotatable bonds is 6. The molecule has 2 aromatic rings. The van der Waals surface area contributed by atoms with Crippen LogP contribution < -0.4 is 19.9 Å². The van der Waals surface area contributed by atoms with Crippen molar-refractivity contribution in [3.63, 3.8) is 0 Å². The maximum Gasteiger partial charge on any atom is 0.127 e. The van der Waals surface area contributed by atoms with Crippen LogP contribution in [0.4, 0.5) is 0 Å². The molecule has 2 rings (SSSR count). The number of hydrogen-bond donors (Lipinski definition) is 1. The summed E-state index contributed by atoms with van der Waals surface area (Å²) in [5.74, 6) is 2.08. The number of hydrogen-bond acceptors (Lipinski definition) is 4. The predicted molar refractivity (Wildman–Crippen MR) is 83.4 cm³/mol. The Bertz CT molecular complexity index is 564. The maximum absolute atomic E-state index is 6.21. The number of benzene rings is 2. The van der Waals surface area contributed by atoms with Crippen molar-refractivity contribution < 1.29 is 14.2 Å². The lowest BCUT2D eigenvalue weighted by Gasteiger charge is -2.19.